The van der Waals surface area contributed by atoms with Crippen molar-refractivity contribution in [2.24, 2.45) is 11.8 Å². The second-order valence-corrected chi connectivity index (χ2v) is 6.44. The molecule has 1 aromatic carbocycles. The molecule has 0 amide bonds. The molecule has 1 heteroatoms. The van der Waals surface area contributed by atoms with E-state index in [9.17, 15) is 0 Å². The summed E-state index contributed by atoms with van der Waals surface area (Å²) >= 11 is 0. The Morgan fingerprint density at radius 1 is 1.16 bits per heavy atom. The largest absolute Gasteiger partial charge is 0.316 e. The van der Waals surface area contributed by atoms with E-state index in [0.29, 0.717) is 6.04 Å². The van der Waals surface area contributed by atoms with Crippen molar-refractivity contribution < 1.29 is 0 Å². The highest BCUT2D eigenvalue weighted by atomic mass is 14.9. The molecule has 1 aliphatic carbocycles. The molecule has 1 aliphatic rings. The summed E-state index contributed by atoms with van der Waals surface area (Å²) in [7, 11) is 2.13. The first-order valence-corrected chi connectivity index (χ1v) is 7.86. The van der Waals surface area contributed by atoms with Crippen LogP contribution in [0.5, 0.6) is 0 Å². The van der Waals surface area contributed by atoms with Crippen molar-refractivity contribution in [1.29, 1.82) is 0 Å². The van der Waals surface area contributed by atoms with Crippen LogP contribution >= 0.6 is 0 Å². The minimum atomic E-state index is 0.651. The predicted molar refractivity (Wildman–Crippen MR) is 83.6 cm³/mol. The molecule has 3 atom stereocenters. The zero-order valence-corrected chi connectivity index (χ0v) is 13.0. The third-order valence-electron chi connectivity index (χ3n) is 4.84. The first kappa shape index (κ1) is 14.6. The molecule has 1 nitrogen and oxygen atoms in total. The Morgan fingerprint density at radius 2 is 1.84 bits per heavy atom. The highest BCUT2D eigenvalue weighted by molar-refractivity contribution is 5.29. The van der Waals surface area contributed by atoms with E-state index < -0.39 is 0 Å². The van der Waals surface area contributed by atoms with Crippen molar-refractivity contribution in [1.82, 2.24) is 5.32 Å². The molecule has 1 N–H and O–H groups in total. The predicted octanol–water partition coefficient (Wildman–Crippen LogP) is 4.26. The molecule has 0 radical (unpaired) electrons. The number of rotatable bonds is 5. The van der Waals surface area contributed by atoms with Gasteiger partial charge in [0.05, 0.1) is 0 Å². The van der Waals surface area contributed by atoms with E-state index in [1.54, 1.807) is 0 Å². The zero-order chi connectivity index (χ0) is 13.8. The van der Waals surface area contributed by atoms with Crippen LogP contribution in [0.2, 0.25) is 0 Å². The summed E-state index contributed by atoms with van der Waals surface area (Å²) in [6.07, 6.45) is 6.81. The van der Waals surface area contributed by atoms with Gasteiger partial charge in [0.15, 0.2) is 0 Å². The van der Waals surface area contributed by atoms with Crippen molar-refractivity contribution in [2.45, 2.75) is 58.9 Å². The molecule has 106 valence electrons. The number of nitrogens with one attached hydrogen (secondary N) is 1. The van der Waals surface area contributed by atoms with E-state index in [0.717, 1.165) is 11.8 Å². The summed E-state index contributed by atoms with van der Waals surface area (Å²) in [5.74, 6) is 1.84. The van der Waals surface area contributed by atoms with Gasteiger partial charge in [-0.1, -0.05) is 49.1 Å². The van der Waals surface area contributed by atoms with Gasteiger partial charge in [-0.25, -0.2) is 0 Å². The smallest absolute Gasteiger partial charge is 0.0133 e. The second-order valence-electron chi connectivity index (χ2n) is 6.44. The molecule has 0 saturated heterocycles. The Bertz CT molecular complexity index is 390. The third-order valence-corrected chi connectivity index (χ3v) is 4.84. The van der Waals surface area contributed by atoms with Gasteiger partial charge in [0.2, 0.25) is 0 Å². The maximum Gasteiger partial charge on any atom is 0.0133 e. The first-order chi connectivity index (χ1) is 9.12. The SMILES string of the molecule is CCC1CCC(C(Cc2cc(C)cc(C)c2)NC)C1. The van der Waals surface area contributed by atoms with Gasteiger partial charge in [0.25, 0.3) is 0 Å². The quantitative estimate of drug-likeness (QED) is 0.833. The Balaban J connectivity index is 2.02. The topological polar surface area (TPSA) is 12.0 Å². The number of benzene rings is 1. The van der Waals surface area contributed by atoms with Gasteiger partial charge < -0.3 is 5.32 Å². The van der Waals surface area contributed by atoms with Crippen LogP contribution in [-0.2, 0) is 6.42 Å². The lowest BCUT2D eigenvalue weighted by molar-refractivity contribution is 0.361. The lowest BCUT2D eigenvalue weighted by Gasteiger charge is -2.24. The number of hydrogen-bond acceptors (Lipinski definition) is 1. The molecular weight excluding hydrogens is 230 g/mol. The molecule has 3 unspecified atom stereocenters. The van der Waals surface area contributed by atoms with Crippen LogP contribution < -0.4 is 5.32 Å². The van der Waals surface area contributed by atoms with Gasteiger partial charge in [-0.3, -0.25) is 0 Å². The molecule has 0 spiro atoms. The van der Waals surface area contributed by atoms with Crippen molar-refractivity contribution in [2.75, 3.05) is 7.05 Å². The molecule has 0 aromatic heterocycles. The van der Waals surface area contributed by atoms with E-state index in [1.165, 1.54) is 48.8 Å². The molecule has 2 rings (SSSR count). The van der Waals surface area contributed by atoms with Crippen molar-refractivity contribution in [3.63, 3.8) is 0 Å². The average molecular weight is 259 g/mol. The minimum absolute atomic E-state index is 0.651. The van der Waals surface area contributed by atoms with Gasteiger partial charge in [0, 0.05) is 6.04 Å². The Hall–Kier alpha value is -0.820. The summed E-state index contributed by atoms with van der Waals surface area (Å²) in [5.41, 5.74) is 4.28. The van der Waals surface area contributed by atoms with E-state index >= 15 is 0 Å². The van der Waals surface area contributed by atoms with Crippen LogP contribution in [-0.4, -0.2) is 13.1 Å². The number of hydrogen-bond donors (Lipinski definition) is 1. The molecule has 1 aromatic rings. The fourth-order valence-electron chi connectivity index (χ4n) is 3.80. The number of aryl methyl sites for hydroxylation is 2. The molecule has 1 fully saturated rings. The highest BCUT2D eigenvalue weighted by Crippen LogP contribution is 2.35. The van der Waals surface area contributed by atoms with Crippen molar-refractivity contribution in [3.05, 3.63) is 34.9 Å². The van der Waals surface area contributed by atoms with E-state index in [1.807, 2.05) is 0 Å². The minimum Gasteiger partial charge on any atom is -0.316 e. The standard InChI is InChI=1S/C18H29N/c1-5-15-6-7-17(11-15)18(19-4)12-16-9-13(2)8-14(3)10-16/h8-10,15,17-19H,5-7,11-12H2,1-4H3. The second kappa shape index (κ2) is 6.56. The molecule has 0 aliphatic heterocycles. The third kappa shape index (κ3) is 3.82. The van der Waals surface area contributed by atoms with Crippen molar-refractivity contribution >= 4 is 0 Å². The summed E-state index contributed by atoms with van der Waals surface area (Å²) in [4.78, 5) is 0. The van der Waals surface area contributed by atoms with Gasteiger partial charge >= 0.3 is 0 Å². The van der Waals surface area contributed by atoms with Gasteiger partial charge in [-0.15, -0.1) is 0 Å². The van der Waals surface area contributed by atoms with Crippen LogP contribution in [0.4, 0.5) is 0 Å². The lowest BCUT2D eigenvalue weighted by atomic mass is 9.90. The van der Waals surface area contributed by atoms with Crippen LogP contribution in [0.3, 0.4) is 0 Å². The molecule has 19 heavy (non-hydrogen) atoms. The molecular formula is C18H29N. The Labute approximate surface area is 118 Å². The normalized spacial score (nSPS) is 24.6. The highest BCUT2D eigenvalue weighted by Gasteiger charge is 2.29. The Kier molecular flexibility index (Phi) is 5.04. The summed E-state index contributed by atoms with van der Waals surface area (Å²) in [6.45, 7) is 6.74. The van der Waals surface area contributed by atoms with Gasteiger partial charge in [0.1, 0.15) is 0 Å². The maximum absolute atomic E-state index is 3.58. The van der Waals surface area contributed by atoms with E-state index in [2.05, 4.69) is 51.3 Å². The fourth-order valence-corrected chi connectivity index (χ4v) is 3.80. The summed E-state index contributed by atoms with van der Waals surface area (Å²) in [5, 5.41) is 3.58. The van der Waals surface area contributed by atoms with Crippen LogP contribution in [0.25, 0.3) is 0 Å². The monoisotopic (exact) mass is 259 g/mol. The molecule has 0 heterocycles. The molecule has 1 saturated carbocycles. The average Bonchev–Trinajstić information content (AvgIpc) is 2.83. The van der Waals surface area contributed by atoms with Crippen LogP contribution in [0.1, 0.15) is 49.3 Å². The fraction of sp³-hybridized carbons (Fsp3) is 0.667. The summed E-state index contributed by atoms with van der Waals surface area (Å²) < 4.78 is 0. The maximum atomic E-state index is 3.58. The van der Waals surface area contributed by atoms with Gasteiger partial charge in [-0.2, -0.15) is 0 Å². The van der Waals surface area contributed by atoms with Crippen LogP contribution in [0, 0.1) is 25.7 Å². The first-order valence-electron chi connectivity index (χ1n) is 7.86. The lowest BCUT2D eigenvalue weighted by Crippen LogP contribution is -2.34. The van der Waals surface area contributed by atoms with Crippen LogP contribution in [0.15, 0.2) is 18.2 Å². The summed E-state index contributed by atoms with van der Waals surface area (Å²) in [6, 6.07) is 7.62. The Morgan fingerprint density at radius 3 is 2.37 bits per heavy atom. The van der Waals surface area contributed by atoms with Crippen molar-refractivity contribution in [3.8, 4) is 0 Å². The van der Waals surface area contributed by atoms with E-state index in [-0.39, 0.29) is 0 Å². The zero-order valence-electron chi connectivity index (χ0n) is 13.0. The van der Waals surface area contributed by atoms with E-state index in [4.69, 9.17) is 0 Å². The van der Waals surface area contributed by atoms with Gasteiger partial charge in [-0.05, 0) is 57.6 Å². The number of likely N-dealkylation sites (N-methyl/N-ethyl adjacent to an activating group) is 1. The molecule has 0 bridgehead atoms.